The number of nitrogens with one attached hydrogen (secondary N) is 2. The van der Waals surface area contributed by atoms with Gasteiger partial charge in [-0.25, -0.2) is 9.97 Å². The number of aromatic nitrogens is 2. The zero-order valence-corrected chi connectivity index (χ0v) is 17.6. The van der Waals surface area contributed by atoms with Crippen molar-refractivity contribution in [2.24, 2.45) is 0 Å². The summed E-state index contributed by atoms with van der Waals surface area (Å²) in [5.41, 5.74) is 6.16. The quantitative estimate of drug-likeness (QED) is 0.297. The minimum atomic E-state index is 0.867. The van der Waals surface area contributed by atoms with Gasteiger partial charge in [-0.15, -0.1) is 22.7 Å². The molecule has 0 aliphatic carbocycles. The number of thiazole rings is 2. The molecule has 2 aromatic heterocycles. The average molecular weight is 427 g/mol. The van der Waals surface area contributed by atoms with E-state index in [1.807, 2.05) is 54.6 Å². The van der Waals surface area contributed by atoms with Crippen LogP contribution in [0.2, 0.25) is 0 Å². The number of rotatable bonds is 6. The van der Waals surface area contributed by atoms with Crippen molar-refractivity contribution >= 4 is 44.3 Å². The standard InChI is InChI=1S/C24H18N4S2/c1-3-8-17(9-4-1)21-15-29-23(27-21)25-19-12-7-13-20(14-19)26-24-28-22(16-30-24)18-10-5-2-6-11-18/h1-16H,(H,25,27)(H,26,28). The Morgan fingerprint density at radius 3 is 1.47 bits per heavy atom. The van der Waals surface area contributed by atoms with Crippen molar-refractivity contribution in [3.05, 3.63) is 95.7 Å². The highest BCUT2D eigenvalue weighted by atomic mass is 32.1. The molecular formula is C24H18N4S2. The summed E-state index contributed by atoms with van der Waals surface area (Å²) in [4.78, 5) is 9.41. The van der Waals surface area contributed by atoms with Crippen molar-refractivity contribution < 1.29 is 0 Å². The fourth-order valence-electron chi connectivity index (χ4n) is 3.07. The first-order chi connectivity index (χ1) is 14.8. The van der Waals surface area contributed by atoms with Crippen LogP contribution in [0, 0.1) is 0 Å². The average Bonchev–Trinajstić information content (AvgIpc) is 3.45. The first kappa shape index (κ1) is 18.5. The van der Waals surface area contributed by atoms with Crippen LogP contribution in [-0.4, -0.2) is 9.97 Å². The third-order valence-electron chi connectivity index (χ3n) is 4.51. The Morgan fingerprint density at radius 1 is 0.533 bits per heavy atom. The highest BCUT2D eigenvalue weighted by Crippen LogP contribution is 2.30. The van der Waals surface area contributed by atoms with Crippen LogP contribution < -0.4 is 10.6 Å². The van der Waals surface area contributed by atoms with Gasteiger partial charge >= 0.3 is 0 Å². The van der Waals surface area contributed by atoms with Gasteiger partial charge in [-0.05, 0) is 18.2 Å². The fraction of sp³-hybridized carbons (Fsp3) is 0. The lowest BCUT2D eigenvalue weighted by molar-refractivity contribution is 1.37. The van der Waals surface area contributed by atoms with E-state index < -0.39 is 0 Å². The largest absolute Gasteiger partial charge is 0.331 e. The number of anilines is 4. The van der Waals surface area contributed by atoms with Crippen molar-refractivity contribution in [2.75, 3.05) is 10.6 Å². The van der Waals surface area contributed by atoms with E-state index in [0.29, 0.717) is 0 Å². The van der Waals surface area contributed by atoms with Gasteiger partial charge in [0, 0.05) is 33.3 Å². The molecule has 0 spiro atoms. The molecule has 3 aromatic carbocycles. The predicted octanol–water partition coefficient (Wildman–Crippen LogP) is 7.42. The highest BCUT2D eigenvalue weighted by Gasteiger charge is 2.07. The zero-order valence-electron chi connectivity index (χ0n) is 15.9. The summed E-state index contributed by atoms with van der Waals surface area (Å²) in [6, 6.07) is 28.6. The van der Waals surface area contributed by atoms with Gasteiger partial charge in [0.25, 0.3) is 0 Å². The Morgan fingerprint density at radius 2 is 1.00 bits per heavy atom. The molecule has 0 unspecified atom stereocenters. The van der Waals surface area contributed by atoms with Crippen LogP contribution in [0.15, 0.2) is 95.7 Å². The Balaban J connectivity index is 1.29. The summed E-state index contributed by atoms with van der Waals surface area (Å²) in [5, 5.41) is 12.7. The van der Waals surface area contributed by atoms with E-state index in [2.05, 4.69) is 51.7 Å². The molecule has 5 aromatic rings. The lowest BCUT2D eigenvalue weighted by Crippen LogP contribution is -1.93. The van der Waals surface area contributed by atoms with Crippen molar-refractivity contribution in [3.8, 4) is 22.5 Å². The van der Waals surface area contributed by atoms with Crippen LogP contribution in [0.5, 0.6) is 0 Å². The van der Waals surface area contributed by atoms with E-state index in [1.165, 1.54) is 0 Å². The summed E-state index contributed by atoms with van der Waals surface area (Å²) < 4.78 is 0. The second-order valence-corrected chi connectivity index (χ2v) is 8.35. The van der Waals surface area contributed by atoms with E-state index in [1.54, 1.807) is 22.7 Å². The summed E-state index contributed by atoms with van der Waals surface area (Å²) in [7, 11) is 0. The Labute approximate surface area is 182 Å². The third kappa shape index (κ3) is 4.25. The first-order valence-corrected chi connectivity index (χ1v) is 11.3. The molecule has 2 heterocycles. The van der Waals surface area contributed by atoms with Crippen LogP contribution in [0.25, 0.3) is 22.5 Å². The molecule has 0 amide bonds. The van der Waals surface area contributed by atoms with Gasteiger partial charge < -0.3 is 10.6 Å². The maximum Gasteiger partial charge on any atom is 0.187 e. The van der Waals surface area contributed by atoms with Crippen molar-refractivity contribution in [3.63, 3.8) is 0 Å². The minimum Gasteiger partial charge on any atom is -0.331 e. The molecule has 0 bridgehead atoms. The predicted molar refractivity (Wildman–Crippen MR) is 128 cm³/mol. The highest BCUT2D eigenvalue weighted by molar-refractivity contribution is 7.14. The molecule has 0 saturated heterocycles. The molecule has 0 aliphatic heterocycles. The maximum absolute atomic E-state index is 4.70. The summed E-state index contributed by atoms with van der Waals surface area (Å²) in [6.07, 6.45) is 0. The topological polar surface area (TPSA) is 49.8 Å². The van der Waals surface area contributed by atoms with Gasteiger partial charge in [0.15, 0.2) is 10.3 Å². The van der Waals surface area contributed by atoms with Gasteiger partial charge in [-0.2, -0.15) is 0 Å². The Hall–Kier alpha value is -3.48. The summed E-state index contributed by atoms with van der Waals surface area (Å²) >= 11 is 3.19. The molecule has 0 radical (unpaired) electrons. The Kier molecular flexibility index (Phi) is 5.25. The van der Waals surface area contributed by atoms with Gasteiger partial charge in [-0.3, -0.25) is 0 Å². The summed E-state index contributed by atoms with van der Waals surface area (Å²) in [5.74, 6) is 0. The lowest BCUT2D eigenvalue weighted by atomic mass is 10.2. The van der Waals surface area contributed by atoms with Crippen LogP contribution in [0.1, 0.15) is 0 Å². The molecule has 0 saturated carbocycles. The van der Waals surface area contributed by atoms with Gasteiger partial charge in [-0.1, -0.05) is 66.7 Å². The molecular weight excluding hydrogens is 408 g/mol. The molecule has 0 fully saturated rings. The van der Waals surface area contributed by atoms with E-state index >= 15 is 0 Å². The van der Waals surface area contributed by atoms with Crippen molar-refractivity contribution in [1.29, 1.82) is 0 Å². The van der Waals surface area contributed by atoms with Crippen LogP contribution in [0.4, 0.5) is 21.6 Å². The molecule has 5 rings (SSSR count). The van der Waals surface area contributed by atoms with E-state index in [-0.39, 0.29) is 0 Å². The number of hydrogen-bond acceptors (Lipinski definition) is 6. The second kappa shape index (κ2) is 8.49. The SMILES string of the molecule is c1ccc(-c2csc(Nc3cccc(Nc4nc(-c5ccccc5)cs4)c3)n2)cc1. The molecule has 2 N–H and O–H groups in total. The Bertz CT molecular complexity index is 1150. The van der Waals surface area contributed by atoms with Gasteiger partial charge in [0.1, 0.15) is 0 Å². The number of hydrogen-bond donors (Lipinski definition) is 2. The van der Waals surface area contributed by atoms with E-state index in [0.717, 1.165) is 44.2 Å². The number of benzene rings is 3. The first-order valence-electron chi connectivity index (χ1n) is 9.49. The van der Waals surface area contributed by atoms with Crippen LogP contribution in [0.3, 0.4) is 0 Å². The van der Waals surface area contributed by atoms with Gasteiger partial charge in [0.2, 0.25) is 0 Å². The van der Waals surface area contributed by atoms with Crippen LogP contribution >= 0.6 is 22.7 Å². The third-order valence-corrected chi connectivity index (χ3v) is 6.03. The van der Waals surface area contributed by atoms with Gasteiger partial charge in [0.05, 0.1) is 11.4 Å². The molecule has 4 nitrogen and oxygen atoms in total. The molecule has 6 heteroatoms. The summed E-state index contributed by atoms with van der Waals surface area (Å²) in [6.45, 7) is 0. The monoisotopic (exact) mass is 426 g/mol. The fourth-order valence-corrected chi connectivity index (χ4v) is 4.55. The smallest absolute Gasteiger partial charge is 0.187 e. The zero-order chi connectivity index (χ0) is 20.2. The lowest BCUT2D eigenvalue weighted by Gasteiger charge is -2.07. The molecule has 146 valence electrons. The van der Waals surface area contributed by atoms with Crippen LogP contribution in [-0.2, 0) is 0 Å². The molecule has 0 aliphatic rings. The second-order valence-electron chi connectivity index (χ2n) is 6.64. The maximum atomic E-state index is 4.70. The van der Waals surface area contributed by atoms with Crippen molar-refractivity contribution in [1.82, 2.24) is 9.97 Å². The number of nitrogens with zero attached hydrogens (tertiary/aromatic N) is 2. The van der Waals surface area contributed by atoms with Crippen molar-refractivity contribution in [2.45, 2.75) is 0 Å². The minimum absolute atomic E-state index is 0.867. The molecule has 0 atom stereocenters. The van der Waals surface area contributed by atoms with E-state index in [9.17, 15) is 0 Å². The molecule has 30 heavy (non-hydrogen) atoms. The normalized spacial score (nSPS) is 10.7. The van der Waals surface area contributed by atoms with E-state index in [4.69, 9.17) is 9.97 Å².